The second kappa shape index (κ2) is 4.93. The Morgan fingerprint density at radius 2 is 1.75 bits per heavy atom. The van der Waals surface area contributed by atoms with Gasteiger partial charge in [0.2, 0.25) is 0 Å². The molecule has 0 aliphatic carbocycles. The number of hydrogen-bond acceptors (Lipinski definition) is 1. The number of fused-ring (bicyclic) bond motifs is 1. The maximum absolute atomic E-state index is 13.8. The van der Waals surface area contributed by atoms with Crippen LogP contribution in [-0.4, -0.2) is 4.57 Å². The normalized spacial score (nSPS) is 10.9. The van der Waals surface area contributed by atoms with Gasteiger partial charge in [-0.05, 0) is 24.6 Å². The number of pyridine rings is 1. The average Bonchev–Trinajstić information content (AvgIpc) is 2.45. The van der Waals surface area contributed by atoms with E-state index < -0.39 is 0 Å². The predicted molar refractivity (Wildman–Crippen MR) is 78.4 cm³/mol. The molecule has 0 saturated carbocycles. The maximum atomic E-state index is 13.8. The first-order valence-corrected chi connectivity index (χ1v) is 6.49. The van der Waals surface area contributed by atoms with Crippen LogP contribution in [0.25, 0.3) is 10.9 Å². The molecule has 3 heteroatoms. The van der Waals surface area contributed by atoms with Gasteiger partial charge in [-0.2, -0.15) is 0 Å². The Bertz CT molecular complexity index is 836. The molecule has 2 aromatic carbocycles. The fourth-order valence-electron chi connectivity index (χ4n) is 2.46. The minimum absolute atomic E-state index is 0.107. The molecule has 2 nitrogen and oxygen atoms in total. The van der Waals surface area contributed by atoms with Crippen molar-refractivity contribution in [2.75, 3.05) is 0 Å². The van der Waals surface area contributed by atoms with Crippen molar-refractivity contribution in [3.8, 4) is 0 Å². The summed E-state index contributed by atoms with van der Waals surface area (Å²) < 4.78 is 15.4. The van der Waals surface area contributed by atoms with Gasteiger partial charge in [-0.1, -0.05) is 36.4 Å². The molecule has 1 heterocycles. The molecule has 0 N–H and O–H groups in total. The Hall–Kier alpha value is -2.42. The van der Waals surface area contributed by atoms with Gasteiger partial charge in [0.25, 0.3) is 5.56 Å². The summed E-state index contributed by atoms with van der Waals surface area (Å²) in [5, 5.41) is 1.02. The molecule has 0 aliphatic rings. The van der Waals surface area contributed by atoms with Crippen LogP contribution in [0.15, 0.2) is 59.4 Å². The minimum Gasteiger partial charge on any atom is -0.304 e. The van der Waals surface area contributed by atoms with Gasteiger partial charge in [0.05, 0.1) is 12.1 Å². The Balaban J connectivity index is 2.22. The quantitative estimate of drug-likeness (QED) is 0.696. The van der Waals surface area contributed by atoms with Crippen molar-refractivity contribution in [2.24, 2.45) is 0 Å². The standard InChI is InChI=1S/C17H14FNO/c1-12-10-17(20)19(16-9-5-3-7-14(12)16)11-13-6-2-4-8-15(13)18/h2-10H,11H2,1H3. The van der Waals surface area contributed by atoms with Crippen molar-refractivity contribution in [1.82, 2.24) is 4.57 Å². The van der Waals surface area contributed by atoms with Gasteiger partial charge in [-0.15, -0.1) is 0 Å². The summed E-state index contributed by atoms with van der Waals surface area (Å²) in [4.78, 5) is 12.2. The topological polar surface area (TPSA) is 22.0 Å². The summed E-state index contributed by atoms with van der Waals surface area (Å²) in [7, 11) is 0. The molecular formula is C17H14FNO. The molecule has 0 fully saturated rings. The third-order valence-corrected chi connectivity index (χ3v) is 3.51. The Morgan fingerprint density at radius 1 is 1.05 bits per heavy atom. The first-order valence-electron chi connectivity index (χ1n) is 6.49. The van der Waals surface area contributed by atoms with Crippen LogP contribution in [0.4, 0.5) is 4.39 Å². The molecule has 3 aromatic rings. The summed E-state index contributed by atoms with van der Waals surface area (Å²) in [6.07, 6.45) is 0. The van der Waals surface area contributed by atoms with E-state index in [0.717, 1.165) is 16.5 Å². The SMILES string of the molecule is Cc1cc(=O)n(Cc2ccccc2F)c2ccccc12. The number of nitrogens with zero attached hydrogens (tertiary/aromatic N) is 1. The van der Waals surface area contributed by atoms with Crippen LogP contribution in [0.1, 0.15) is 11.1 Å². The second-order valence-corrected chi connectivity index (χ2v) is 4.86. The minimum atomic E-state index is -0.288. The summed E-state index contributed by atoms with van der Waals surface area (Å²) in [5.41, 5.74) is 2.18. The van der Waals surface area contributed by atoms with Crippen molar-refractivity contribution in [2.45, 2.75) is 13.5 Å². The van der Waals surface area contributed by atoms with Crippen molar-refractivity contribution >= 4 is 10.9 Å². The van der Waals surface area contributed by atoms with Crippen LogP contribution < -0.4 is 5.56 Å². The van der Waals surface area contributed by atoms with Crippen molar-refractivity contribution < 1.29 is 4.39 Å². The van der Waals surface area contributed by atoms with Crippen LogP contribution in [0, 0.1) is 12.7 Å². The van der Waals surface area contributed by atoms with E-state index in [4.69, 9.17) is 0 Å². The maximum Gasteiger partial charge on any atom is 0.251 e. The van der Waals surface area contributed by atoms with E-state index in [-0.39, 0.29) is 17.9 Å². The van der Waals surface area contributed by atoms with Crippen molar-refractivity contribution in [3.05, 3.63) is 81.9 Å². The number of para-hydroxylation sites is 1. The van der Waals surface area contributed by atoms with E-state index in [9.17, 15) is 9.18 Å². The zero-order valence-electron chi connectivity index (χ0n) is 11.1. The molecule has 0 amide bonds. The highest BCUT2D eigenvalue weighted by molar-refractivity contribution is 5.82. The smallest absolute Gasteiger partial charge is 0.251 e. The monoisotopic (exact) mass is 267 g/mol. The molecule has 3 rings (SSSR count). The predicted octanol–water partition coefficient (Wildman–Crippen LogP) is 3.50. The lowest BCUT2D eigenvalue weighted by atomic mass is 10.1. The van der Waals surface area contributed by atoms with Crippen LogP contribution in [0.2, 0.25) is 0 Å². The molecule has 0 spiro atoms. The van der Waals surface area contributed by atoms with Gasteiger partial charge in [0.1, 0.15) is 5.82 Å². The Kier molecular flexibility index (Phi) is 3.11. The van der Waals surface area contributed by atoms with Gasteiger partial charge in [0.15, 0.2) is 0 Å². The summed E-state index contributed by atoms with van der Waals surface area (Å²) in [6, 6.07) is 15.8. The van der Waals surface area contributed by atoms with Crippen molar-refractivity contribution in [3.63, 3.8) is 0 Å². The summed E-state index contributed by atoms with van der Waals surface area (Å²) in [6.45, 7) is 2.16. The first kappa shape index (κ1) is 12.6. The zero-order valence-corrected chi connectivity index (χ0v) is 11.1. The van der Waals surface area contributed by atoms with Gasteiger partial charge < -0.3 is 4.57 Å². The van der Waals surface area contributed by atoms with E-state index in [2.05, 4.69) is 0 Å². The lowest BCUT2D eigenvalue weighted by Gasteiger charge is -2.12. The summed E-state index contributed by atoms with van der Waals surface area (Å²) in [5.74, 6) is -0.288. The fourth-order valence-corrected chi connectivity index (χ4v) is 2.46. The number of benzene rings is 2. The van der Waals surface area contributed by atoms with Gasteiger partial charge in [0, 0.05) is 17.0 Å². The second-order valence-electron chi connectivity index (χ2n) is 4.86. The van der Waals surface area contributed by atoms with Crippen molar-refractivity contribution in [1.29, 1.82) is 0 Å². The largest absolute Gasteiger partial charge is 0.304 e. The molecule has 0 unspecified atom stereocenters. The van der Waals surface area contributed by atoms with Gasteiger partial charge >= 0.3 is 0 Å². The third kappa shape index (κ3) is 2.11. The lowest BCUT2D eigenvalue weighted by Crippen LogP contribution is -2.21. The Morgan fingerprint density at radius 3 is 2.55 bits per heavy atom. The van der Waals surface area contributed by atoms with Crippen LogP contribution in [0.5, 0.6) is 0 Å². The first-order chi connectivity index (χ1) is 9.66. The van der Waals surface area contributed by atoms with Gasteiger partial charge in [-0.25, -0.2) is 4.39 Å². The zero-order chi connectivity index (χ0) is 14.1. The van der Waals surface area contributed by atoms with E-state index >= 15 is 0 Å². The summed E-state index contributed by atoms with van der Waals surface area (Å²) >= 11 is 0. The molecule has 0 atom stereocenters. The molecule has 0 saturated heterocycles. The van der Waals surface area contributed by atoms with Crippen LogP contribution >= 0.6 is 0 Å². The van der Waals surface area contributed by atoms with E-state index in [1.54, 1.807) is 28.8 Å². The van der Waals surface area contributed by atoms with E-state index in [1.165, 1.54) is 6.07 Å². The highest BCUT2D eigenvalue weighted by Gasteiger charge is 2.08. The highest BCUT2D eigenvalue weighted by Crippen LogP contribution is 2.17. The number of aryl methyl sites for hydroxylation is 1. The molecule has 20 heavy (non-hydrogen) atoms. The molecular weight excluding hydrogens is 253 g/mol. The van der Waals surface area contributed by atoms with Crippen LogP contribution in [-0.2, 0) is 6.54 Å². The number of halogens is 1. The molecule has 0 radical (unpaired) electrons. The van der Waals surface area contributed by atoms with E-state index in [1.807, 2.05) is 31.2 Å². The number of aromatic nitrogens is 1. The molecule has 0 bridgehead atoms. The molecule has 100 valence electrons. The third-order valence-electron chi connectivity index (χ3n) is 3.51. The average molecular weight is 267 g/mol. The molecule has 0 aliphatic heterocycles. The number of hydrogen-bond donors (Lipinski definition) is 0. The van der Waals surface area contributed by atoms with Crippen LogP contribution in [0.3, 0.4) is 0 Å². The van der Waals surface area contributed by atoms with Gasteiger partial charge in [-0.3, -0.25) is 4.79 Å². The highest BCUT2D eigenvalue weighted by atomic mass is 19.1. The van der Waals surface area contributed by atoms with E-state index in [0.29, 0.717) is 5.56 Å². The lowest BCUT2D eigenvalue weighted by molar-refractivity contribution is 0.599. The fraction of sp³-hybridized carbons (Fsp3) is 0.118. The Labute approximate surface area is 116 Å². The molecule has 1 aromatic heterocycles. The number of rotatable bonds is 2.